The van der Waals surface area contributed by atoms with Crippen LogP contribution in [0.1, 0.15) is 44.6 Å². The van der Waals surface area contributed by atoms with E-state index in [0.29, 0.717) is 17.1 Å². The van der Waals surface area contributed by atoms with Crippen molar-refractivity contribution in [2.45, 2.75) is 39.0 Å². The molecule has 0 radical (unpaired) electrons. The van der Waals surface area contributed by atoms with Crippen LogP contribution < -0.4 is 5.32 Å². The van der Waals surface area contributed by atoms with E-state index in [2.05, 4.69) is 10.3 Å². The van der Waals surface area contributed by atoms with Crippen LogP contribution in [0.5, 0.6) is 0 Å². The van der Waals surface area contributed by atoms with Crippen molar-refractivity contribution in [3.05, 3.63) is 88.0 Å². The summed E-state index contributed by atoms with van der Waals surface area (Å²) in [5.41, 5.74) is 1.49. The molecule has 34 heavy (non-hydrogen) atoms. The highest BCUT2D eigenvalue weighted by molar-refractivity contribution is 6.31. The second kappa shape index (κ2) is 9.30. The third kappa shape index (κ3) is 4.28. The molecule has 2 heterocycles. The Morgan fingerprint density at radius 3 is 2.56 bits per heavy atom. The molecule has 0 unspecified atom stereocenters. The van der Waals surface area contributed by atoms with Gasteiger partial charge in [-0.25, -0.2) is 9.78 Å². The number of nitrogens with one attached hydrogen (secondary N) is 1. The van der Waals surface area contributed by atoms with E-state index in [-0.39, 0.29) is 30.4 Å². The van der Waals surface area contributed by atoms with Crippen molar-refractivity contribution in [1.29, 1.82) is 0 Å². The first kappa shape index (κ1) is 23.5. The number of halogens is 1. The lowest BCUT2D eigenvalue weighted by Crippen LogP contribution is -2.63. The number of aryl methyl sites for hydroxylation is 1. The standard InChI is InChI=1S/C25H25ClN4O4/c1-16-8-10-17(11-9-16)12-27-24(33)25(2)14-29-15-28-20(23(32)34-3)21(29)22(31)30(25)13-18-6-4-5-7-19(18)26/h4-11,15H,12-14H2,1-3H3,(H,27,33)/t25-/m1/s1. The van der Waals surface area contributed by atoms with Gasteiger partial charge in [0.25, 0.3) is 5.91 Å². The molecule has 4 rings (SSSR count). The monoisotopic (exact) mass is 480 g/mol. The van der Waals surface area contributed by atoms with E-state index in [4.69, 9.17) is 16.3 Å². The molecule has 2 aromatic carbocycles. The highest BCUT2D eigenvalue weighted by Gasteiger charge is 2.49. The van der Waals surface area contributed by atoms with Crippen molar-refractivity contribution in [2.75, 3.05) is 7.11 Å². The fraction of sp³-hybridized carbons (Fsp3) is 0.280. The van der Waals surface area contributed by atoms with Gasteiger partial charge >= 0.3 is 5.97 Å². The molecule has 1 aliphatic rings. The molecule has 0 bridgehead atoms. The van der Waals surface area contributed by atoms with Gasteiger partial charge in [-0.05, 0) is 31.0 Å². The number of amides is 2. The number of methoxy groups -OCH3 is 1. The Kier molecular flexibility index (Phi) is 6.43. The number of benzene rings is 2. The maximum Gasteiger partial charge on any atom is 0.359 e. The third-order valence-corrected chi connectivity index (χ3v) is 6.46. The lowest BCUT2D eigenvalue weighted by atomic mass is 9.93. The first-order chi connectivity index (χ1) is 16.2. The molecular weight excluding hydrogens is 456 g/mol. The van der Waals surface area contributed by atoms with Crippen LogP contribution in [-0.4, -0.2) is 44.9 Å². The highest BCUT2D eigenvalue weighted by Crippen LogP contribution is 2.32. The van der Waals surface area contributed by atoms with Crippen molar-refractivity contribution < 1.29 is 19.1 Å². The summed E-state index contributed by atoms with van der Waals surface area (Å²) in [7, 11) is 1.23. The molecule has 3 aromatic rings. The molecular formula is C25H25ClN4O4. The first-order valence-electron chi connectivity index (χ1n) is 10.8. The number of hydrogen-bond acceptors (Lipinski definition) is 5. The second-order valence-corrected chi connectivity index (χ2v) is 8.89. The summed E-state index contributed by atoms with van der Waals surface area (Å²) in [6, 6.07) is 15.0. The minimum atomic E-state index is -1.26. The lowest BCUT2D eigenvalue weighted by Gasteiger charge is -2.43. The van der Waals surface area contributed by atoms with E-state index >= 15 is 0 Å². The summed E-state index contributed by atoms with van der Waals surface area (Å²) in [4.78, 5) is 45.0. The van der Waals surface area contributed by atoms with Gasteiger partial charge in [-0.3, -0.25) is 9.59 Å². The molecule has 0 saturated carbocycles. The molecule has 1 aromatic heterocycles. The average molecular weight is 481 g/mol. The number of carbonyl (C=O) groups is 3. The predicted molar refractivity (Wildman–Crippen MR) is 126 cm³/mol. The Morgan fingerprint density at radius 2 is 1.88 bits per heavy atom. The molecule has 1 atom stereocenters. The van der Waals surface area contributed by atoms with E-state index in [1.165, 1.54) is 22.9 Å². The maximum absolute atomic E-state index is 13.7. The van der Waals surface area contributed by atoms with Gasteiger partial charge in [0.15, 0.2) is 5.69 Å². The Balaban J connectivity index is 1.70. The number of imidazole rings is 1. The van der Waals surface area contributed by atoms with Gasteiger partial charge in [0.2, 0.25) is 5.91 Å². The molecule has 1 aliphatic heterocycles. The molecule has 8 nitrogen and oxygen atoms in total. The average Bonchev–Trinajstić information content (AvgIpc) is 3.25. The first-order valence-corrected chi connectivity index (χ1v) is 11.1. The quantitative estimate of drug-likeness (QED) is 0.546. The van der Waals surface area contributed by atoms with Crippen LogP contribution in [0, 0.1) is 6.92 Å². The van der Waals surface area contributed by atoms with Gasteiger partial charge in [-0.1, -0.05) is 59.6 Å². The van der Waals surface area contributed by atoms with E-state index in [1.807, 2.05) is 37.3 Å². The van der Waals surface area contributed by atoms with Gasteiger partial charge in [0, 0.05) is 18.1 Å². The molecule has 1 N–H and O–H groups in total. The van der Waals surface area contributed by atoms with E-state index in [1.54, 1.807) is 25.1 Å². The summed E-state index contributed by atoms with van der Waals surface area (Å²) in [6.07, 6.45) is 1.39. The van der Waals surface area contributed by atoms with Gasteiger partial charge < -0.3 is 19.5 Å². The zero-order valence-corrected chi connectivity index (χ0v) is 19.9. The molecule has 176 valence electrons. The molecule has 2 amide bonds. The van der Waals surface area contributed by atoms with Crippen molar-refractivity contribution in [3.8, 4) is 0 Å². The minimum absolute atomic E-state index is 0.0821. The summed E-state index contributed by atoms with van der Waals surface area (Å²) in [6.45, 7) is 4.20. The number of carbonyl (C=O) groups excluding carboxylic acids is 3. The molecule has 0 spiro atoms. The van der Waals surface area contributed by atoms with Crippen LogP contribution in [0.3, 0.4) is 0 Å². The SMILES string of the molecule is COC(=O)c1ncn2c1C(=O)N(Cc1ccccc1Cl)[C@@](C)(C(=O)NCc1ccc(C)cc1)C2. The van der Waals surface area contributed by atoms with Crippen LogP contribution in [0.4, 0.5) is 0 Å². The molecule has 0 saturated heterocycles. The largest absolute Gasteiger partial charge is 0.464 e. The van der Waals surface area contributed by atoms with E-state index < -0.39 is 17.4 Å². The number of esters is 1. The Labute approximate surface area is 202 Å². The van der Waals surface area contributed by atoms with Crippen LogP contribution in [0.15, 0.2) is 54.9 Å². The minimum Gasteiger partial charge on any atom is -0.464 e. The van der Waals surface area contributed by atoms with Crippen molar-refractivity contribution >= 4 is 29.4 Å². The highest BCUT2D eigenvalue weighted by atomic mass is 35.5. The molecule has 9 heteroatoms. The van der Waals surface area contributed by atoms with Crippen LogP contribution in [-0.2, 0) is 29.2 Å². The van der Waals surface area contributed by atoms with Gasteiger partial charge in [0.05, 0.1) is 20.0 Å². The van der Waals surface area contributed by atoms with E-state index in [0.717, 1.165) is 11.1 Å². The number of nitrogens with zero attached hydrogens (tertiary/aromatic N) is 3. The summed E-state index contributed by atoms with van der Waals surface area (Å²) < 4.78 is 6.32. The predicted octanol–water partition coefficient (Wildman–Crippen LogP) is 3.36. The number of rotatable bonds is 6. The normalized spacial score (nSPS) is 17.3. The van der Waals surface area contributed by atoms with Crippen molar-refractivity contribution in [1.82, 2.24) is 19.8 Å². The Morgan fingerprint density at radius 1 is 1.18 bits per heavy atom. The van der Waals surface area contributed by atoms with Gasteiger partial charge in [-0.15, -0.1) is 0 Å². The fourth-order valence-corrected chi connectivity index (χ4v) is 4.25. The number of hydrogen-bond donors (Lipinski definition) is 1. The maximum atomic E-state index is 13.7. The second-order valence-electron chi connectivity index (χ2n) is 8.49. The van der Waals surface area contributed by atoms with Crippen LogP contribution >= 0.6 is 11.6 Å². The molecule has 0 aliphatic carbocycles. The van der Waals surface area contributed by atoms with Crippen molar-refractivity contribution in [2.24, 2.45) is 0 Å². The van der Waals surface area contributed by atoms with Gasteiger partial charge in [-0.2, -0.15) is 0 Å². The molecule has 0 fully saturated rings. The summed E-state index contributed by atoms with van der Waals surface area (Å²) in [5, 5.41) is 3.44. The lowest BCUT2D eigenvalue weighted by molar-refractivity contribution is -0.133. The van der Waals surface area contributed by atoms with Crippen LogP contribution in [0.25, 0.3) is 0 Å². The van der Waals surface area contributed by atoms with E-state index in [9.17, 15) is 14.4 Å². The zero-order chi connectivity index (χ0) is 24.5. The Bertz CT molecular complexity index is 1250. The number of aromatic nitrogens is 2. The fourth-order valence-electron chi connectivity index (χ4n) is 4.06. The smallest absolute Gasteiger partial charge is 0.359 e. The number of fused-ring (bicyclic) bond motifs is 1. The van der Waals surface area contributed by atoms with Crippen LogP contribution in [0.2, 0.25) is 5.02 Å². The zero-order valence-electron chi connectivity index (χ0n) is 19.2. The number of ether oxygens (including phenoxy) is 1. The van der Waals surface area contributed by atoms with Crippen molar-refractivity contribution in [3.63, 3.8) is 0 Å². The summed E-state index contributed by atoms with van der Waals surface area (Å²) in [5.74, 6) is -1.54. The van der Waals surface area contributed by atoms with Gasteiger partial charge in [0.1, 0.15) is 11.2 Å². The summed E-state index contributed by atoms with van der Waals surface area (Å²) >= 11 is 6.37. The topological polar surface area (TPSA) is 93.5 Å². The Hall–Kier alpha value is -3.65. The third-order valence-electron chi connectivity index (χ3n) is 6.09.